The van der Waals surface area contributed by atoms with Crippen LogP contribution in [0.15, 0.2) is 18.3 Å². The van der Waals surface area contributed by atoms with Gasteiger partial charge in [0, 0.05) is 17.3 Å². The van der Waals surface area contributed by atoms with Crippen LogP contribution in [0.25, 0.3) is 10.9 Å². The quantitative estimate of drug-likeness (QED) is 0.738. The molecule has 0 radical (unpaired) electrons. The molecule has 0 aromatic carbocycles. The van der Waals surface area contributed by atoms with Crippen LogP contribution < -0.4 is 4.74 Å². The zero-order chi connectivity index (χ0) is 12.4. The summed E-state index contributed by atoms with van der Waals surface area (Å²) in [6, 6.07) is 3.70. The number of carbonyl (C=O) groups is 1. The summed E-state index contributed by atoms with van der Waals surface area (Å²) < 4.78 is 9.88. The molecule has 0 fully saturated rings. The Bertz CT molecular complexity index is 581. The van der Waals surface area contributed by atoms with Gasteiger partial charge in [0.25, 0.3) is 0 Å². The van der Waals surface area contributed by atoms with E-state index < -0.39 is 5.97 Å². The first-order valence-corrected chi connectivity index (χ1v) is 5.06. The minimum absolute atomic E-state index is 0.152. The van der Waals surface area contributed by atoms with E-state index in [9.17, 15) is 4.79 Å². The number of nitrogens with zero attached hydrogens (tertiary/aromatic N) is 2. The minimum Gasteiger partial charge on any atom is -0.492 e. The maximum absolute atomic E-state index is 11.6. The second kappa shape index (κ2) is 4.37. The Hall–Kier alpha value is -2.17. The molecule has 0 atom stereocenters. The molecule has 0 saturated heterocycles. The highest BCUT2D eigenvalue weighted by molar-refractivity contribution is 5.98. The molecule has 2 aromatic heterocycles. The lowest BCUT2D eigenvalue weighted by Gasteiger charge is -2.10. The Morgan fingerprint density at radius 1 is 1.35 bits per heavy atom. The van der Waals surface area contributed by atoms with Crippen LogP contribution in [0.5, 0.6) is 5.75 Å². The monoisotopic (exact) mass is 232 g/mol. The molecule has 2 aromatic rings. The zero-order valence-electron chi connectivity index (χ0n) is 9.85. The number of aryl methyl sites for hydroxylation is 1. The Morgan fingerprint density at radius 2 is 2.12 bits per heavy atom. The van der Waals surface area contributed by atoms with Gasteiger partial charge in [0.2, 0.25) is 0 Å². The predicted molar refractivity (Wildman–Crippen MR) is 62.2 cm³/mol. The van der Waals surface area contributed by atoms with E-state index in [1.165, 1.54) is 14.2 Å². The normalized spacial score (nSPS) is 10.3. The summed E-state index contributed by atoms with van der Waals surface area (Å²) in [6.07, 6.45) is 1.64. The van der Waals surface area contributed by atoms with E-state index >= 15 is 0 Å². The highest BCUT2D eigenvalue weighted by Crippen LogP contribution is 2.28. The lowest BCUT2D eigenvalue weighted by atomic mass is 10.1. The van der Waals surface area contributed by atoms with Crippen molar-refractivity contribution in [2.24, 2.45) is 0 Å². The average molecular weight is 232 g/mol. The van der Waals surface area contributed by atoms with E-state index in [2.05, 4.69) is 14.7 Å². The molecule has 0 amide bonds. The summed E-state index contributed by atoms with van der Waals surface area (Å²) >= 11 is 0. The van der Waals surface area contributed by atoms with Gasteiger partial charge in [-0.15, -0.1) is 0 Å². The number of ether oxygens (including phenoxy) is 2. The van der Waals surface area contributed by atoms with Crippen LogP contribution in [0.3, 0.4) is 0 Å². The molecule has 0 saturated carbocycles. The fourth-order valence-electron chi connectivity index (χ4n) is 1.70. The summed E-state index contributed by atoms with van der Waals surface area (Å²) in [5.41, 5.74) is 1.48. The number of methoxy groups -OCH3 is 2. The van der Waals surface area contributed by atoms with Crippen molar-refractivity contribution < 1.29 is 14.3 Å². The molecule has 0 aliphatic heterocycles. The summed E-state index contributed by atoms with van der Waals surface area (Å²) in [6.45, 7) is 1.82. The van der Waals surface area contributed by atoms with Crippen molar-refractivity contribution in [2.45, 2.75) is 6.92 Å². The van der Waals surface area contributed by atoms with Gasteiger partial charge < -0.3 is 9.47 Å². The molecule has 0 aliphatic rings. The average Bonchev–Trinajstić information content (AvgIpc) is 2.38. The molecule has 17 heavy (non-hydrogen) atoms. The molecular weight excluding hydrogens is 220 g/mol. The van der Waals surface area contributed by atoms with Crippen molar-refractivity contribution >= 4 is 16.9 Å². The standard InChI is InChI=1S/C12H12N2O3/c1-7-8-5-4-6-13-9(8)11(16-2)10(14-7)12(15)17-3/h4-6H,1-3H3. The molecule has 0 N–H and O–H groups in total. The van der Waals surface area contributed by atoms with Crippen LogP contribution in [-0.2, 0) is 4.74 Å². The molecule has 2 heterocycles. The molecule has 5 heteroatoms. The molecule has 0 aliphatic carbocycles. The van der Waals surface area contributed by atoms with Crippen molar-refractivity contribution in [3.05, 3.63) is 29.7 Å². The number of hydrogen-bond donors (Lipinski definition) is 0. The molecule has 0 unspecified atom stereocenters. The first kappa shape index (κ1) is 11.3. The first-order valence-electron chi connectivity index (χ1n) is 5.06. The van der Waals surface area contributed by atoms with Gasteiger partial charge in [0.15, 0.2) is 11.4 Å². The number of carbonyl (C=O) groups excluding carboxylic acids is 1. The van der Waals surface area contributed by atoms with Crippen LogP contribution in [0.1, 0.15) is 16.2 Å². The van der Waals surface area contributed by atoms with Gasteiger partial charge >= 0.3 is 5.97 Å². The Labute approximate surface area is 98.4 Å². The van der Waals surface area contributed by atoms with Gasteiger partial charge in [-0.3, -0.25) is 4.98 Å². The highest BCUT2D eigenvalue weighted by Gasteiger charge is 2.19. The van der Waals surface area contributed by atoms with E-state index in [-0.39, 0.29) is 5.69 Å². The summed E-state index contributed by atoms with van der Waals surface area (Å²) in [4.78, 5) is 20.0. The third kappa shape index (κ3) is 1.80. The summed E-state index contributed by atoms with van der Waals surface area (Å²) in [5.74, 6) is -0.185. The summed E-state index contributed by atoms with van der Waals surface area (Å²) in [7, 11) is 2.79. The third-order valence-corrected chi connectivity index (χ3v) is 2.49. The summed E-state index contributed by atoms with van der Waals surface area (Å²) in [5, 5.41) is 0.858. The number of fused-ring (bicyclic) bond motifs is 1. The Morgan fingerprint density at radius 3 is 2.76 bits per heavy atom. The van der Waals surface area contributed by atoms with Gasteiger partial charge in [-0.2, -0.15) is 0 Å². The van der Waals surface area contributed by atoms with Crippen molar-refractivity contribution in [1.29, 1.82) is 0 Å². The van der Waals surface area contributed by atoms with Gasteiger partial charge in [0.1, 0.15) is 5.52 Å². The van der Waals surface area contributed by atoms with Crippen molar-refractivity contribution in [3.8, 4) is 5.75 Å². The van der Waals surface area contributed by atoms with E-state index in [1.54, 1.807) is 6.20 Å². The SMILES string of the molecule is COC(=O)c1nc(C)c2cccnc2c1OC. The lowest BCUT2D eigenvalue weighted by molar-refractivity contribution is 0.0590. The number of esters is 1. The maximum atomic E-state index is 11.6. The molecule has 88 valence electrons. The minimum atomic E-state index is -0.530. The highest BCUT2D eigenvalue weighted by atomic mass is 16.5. The van der Waals surface area contributed by atoms with Crippen LogP contribution in [-0.4, -0.2) is 30.2 Å². The molecule has 5 nitrogen and oxygen atoms in total. The second-order valence-electron chi connectivity index (χ2n) is 3.47. The van der Waals surface area contributed by atoms with E-state index in [4.69, 9.17) is 4.74 Å². The van der Waals surface area contributed by atoms with Gasteiger partial charge in [-0.25, -0.2) is 9.78 Å². The zero-order valence-corrected chi connectivity index (χ0v) is 9.85. The third-order valence-electron chi connectivity index (χ3n) is 2.49. The van der Waals surface area contributed by atoms with Gasteiger partial charge in [-0.1, -0.05) is 0 Å². The number of aromatic nitrogens is 2. The largest absolute Gasteiger partial charge is 0.492 e. The van der Waals surface area contributed by atoms with E-state index in [0.29, 0.717) is 17.0 Å². The molecule has 2 rings (SSSR count). The molecule has 0 bridgehead atoms. The number of pyridine rings is 2. The Kier molecular flexibility index (Phi) is 2.91. The van der Waals surface area contributed by atoms with Crippen LogP contribution >= 0.6 is 0 Å². The van der Waals surface area contributed by atoms with Crippen molar-refractivity contribution in [3.63, 3.8) is 0 Å². The van der Waals surface area contributed by atoms with Crippen molar-refractivity contribution in [1.82, 2.24) is 9.97 Å². The van der Waals surface area contributed by atoms with Crippen molar-refractivity contribution in [2.75, 3.05) is 14.2 Å². The molecule has 0 spiro atoms. The first-order chi connectivity index (χ1) is 8.19. The molecular formula is C12H12N2O3. The lowest BCUT2D eigenvalue weighted by Crippen LogP contribution is -2.09. The maximum Gasteiger partial charge on any atom is 0.360 e. The van der Waals surface area contributed by atoms with Gasteiger partial charge in [-0.05, 0) is 19.1 Å². The smallest absolute Gasteiger partial charge is 0.360 e. The van der Waals surface area contributed by atoms with Crippen LogP contribution in [0, 0.1) is 6.92 Å². The number of rotatable bonds is 2. The van der Waals surface area contributed by atoms with Crippen LogP contribution in [0.4, 0.5) is 0 Å². The number of hydrogen-bond acceptors (Lipinski definition) is 5. The van der Waals surface area contributed by atoms with Gasteiger partial charge in [0.05, 0.1) is 14.2 Å². The fourth-order valence-corrected chi connectivity index (χ4v) is 1.70. The predicted octanol–water partition coefficient (Wildman–Crippen LogP) is 1.73. The Balaban J connectivity index is 2.82. The van der Waals surface area contributed by atoms with E-state index in [0.717, 1.165) is 5.39 Å². The van der Waals surface area contributed by atoms with E-state index in [1.807, 2.05) is 19.1 Å². The van der Waals surface area contributed by atoms with Crippen LogP contribution in [0.2, 0.25) is 0 Å². The topological polar surface area (TPSA) is 61.3 Å². The fraction of sp³-hybridized carbons (Fsp3) is 0.250. The second-order valence-corrected chi connectivity index (χ2v) is 3.47.